The highest BCUT2D eigenvalue weighted by molar-refractivity contribution is 7.91. The summed E-state index contributed by atoms with van der Waals surface area (Å²) in [5.41, 5.74) is 2.69. The molecular weight excluding hydrogens is 442 g/mol. The third kappa shape index (κ3) is 4.39. The second-order valence-electron chi connectivity index (χ2n) is 7.24. The second-order valence-corrected chi connectivity index (χ2v) is 9.57. The van der Waals surface area contributed by atoms with E-state index in [1.54, 1.807) is 60.8 Å². The van der Waals surface area contributed by atoms with Crippen LogP contribution in [0.15, 0.2) is 93.8 Å². The topological polar surface area (TPSA) is 83.3 Å². The van der Waals surface area contributed by atoms with Crippen LogP contribution < -0.4 is 4.90 Å². The van der Waals surface area contributed by atoms with Crippen LogP contribution in [0, 0.1) is 4.77 Å². The number of sulfone groups is 1. The Morgan fingerprint density at radius 2 is 1.56 bits per heavy atom. The van der Waals surface area contributed by atoms with Crippen molar-refractivity contribution in [2.75, 3.05) is 19.0 Å². The van der Waals surface area contributed by atoms with E-state index >= 15 is 0 Å². The fraction of sp³-hybridized carbons (Fsp3) is 0.0870. The zero-order valence-corrected chi connectivity index (χ0v) is 19.1. The van der Waals surface area contributed by atoms with Crippen LogP contribution in [-0.2, 0) is 9.84 Å². The van der Waals surface area contributed by atoms with E-state index in [4.69, 9.17) is 12.2 Å². The predicted octanol–water partition coefficient (Wildman–Crippen LogP) is 4.39. The van der Waals surface area contributed by atoms with Crippen molar-refractivity contribution >= 4 is 34.0 Å². The summed E-state index contributed by atoms with van der Waals surface area (Å²) in [5, 5.41) is 11.5. The molecule has 0 spiro atoms. The molecule has 0 aliphatic rings. The fourth-order valence-corrected chi connectivity index (χ4v) is 4.55. The molecular formula is C23H21N5O2S2. The summed E-state index contributed by atoms with van der Waals surface area (Å²) in [4.78, 5) is 2.48. The molecule has 3 aromatic carbocycles. The van der Waals surface area contributed by atoms with Crippen LogP contribution >= 0.6 is 12.2 Å². The molecule has 162 valence electrons. The molecule has 0 fully saturated rings. The summed E-state index contributed by atoms with van der Waals surface area (Å²) in [6.07, 6.45) is 1.70. The Kier molecular flexibility index (Phi) is 6.02. The van der Waals surface area contributed by atoms with E-state index in [0.29, 0.717) is 16.2 Å². The zero-order valence-electron chi connectivity index (χ0n) is 17.5. The molecule has 0 saturated heterocycles. The molecule has 0 aliphatic heterocycles. The normalized spacial score (nSPS) is 11.7. The number of aromatic amines is 1. The molecule has 0 amide bonds. The van der Waals surface area contributed by atoms with Gasteiger partial charge in [0.25, 0.3) is 0 Å². The van der Waals surface area contributed by atoms with Crippen molar-refractivity contribution in [3.8, 4) is 11.4 Å². The van der Waals surface area contributed by atoms with Crippen molar-refractivity contribution in [3.05, 3.63) is 89.2 Å². The lowest BCUT2D eigenvalue weighted by Crippen LogP contribution is -2.08. The number of hydrogen-bond donors (Lipinski definition) is 1. The minimum atomic E-state index is -3.59. The standard InChI is InChI=1S/C23H21N5O2S2/c1-27(2)19-12-8-17(9-13-19)16-24-28-22(25-26-23(28)31)18-10-14-21(15-11-18)32(29,30)20-6-4-3-5-7-20/h3-16H,1-2H3,(H,26,31)/b24-16+. The van der Waals surface area contributed by atoms with Gasteiger partial charge in [-0.2, -0.15) is 14.9 Å². The molecule has 0 saturated carbocycles. The van der Waals surface area contributed by atoms with Crippen LogP contribution in [-0.4, -0.2) is 43.6 Å². The van der Waals surface area contributed by atoms with Crippen molar-refractivity contribution in [3.63, 3.8) is 0 Å². The SMILES string of the molecule is CN(C)c1ccc(/C=N/n2c(-c3ccc(S(=O)(=O)c4ccccc4)cc3)n[nH]c2=S)cc1. The van der Waals surface area contributed by atoms with Crippen LogP contribution in [0.4, 0.5) is 5.69 Å². The highest BCUT2D eigenvalue weighted by atomic mass is 32.2. The third-order valence-corrected chi connectivity index (χ3v) is 6.91. The molecule has 0 unspecified atom stereocenters. The molecule has 9 heteroatoms. The van der Waals surface area contributed by atoms with Gasteiger partial charge in [0.05, 0.1) is 16.0 Å². The second kappa shape index (κ2) is 8.89. The molecule has 0 atom stereocenters. The van der Waals surface area contributed by atoms with Gasteiger partial charge in [0, 0.05) is 25.3 Å². The fourth-order valence-electron chi connectivity index (χ4n) is 3.09. The highest BCUT2D eigenvalue weighted by Crippen LogP contribution is 2.24. The van der Waals surface area contributed by atoms with Gasteiger partial charge in [-0.15, -0.1) is 0 Å². The lowest BCUT2D eigenvalue weighted by atomic mass is 10.2. The van der Waals surface area contributed by atoms with E-state index in [0.717, 1.165) is 11.3 Å². The average Bonchev–Trinajstić information content (AvgIpc) is 3.19. The maximum absolute atomic E-state index is 12.8. The number of anilines is 1. The number of benzene rings is 3. The first-order valence-corrected chi connectivity index (χ1v) is 11.6. The van der Waals surface area contributed by atoms with Gasteiger partial charge in [-0.1, -0.05) is 30.3 Å². The Morgan fingerprint density at radius 1 is 0.938 bits per heavy atom. The summed E-state index contributed by atoms with van der Waals surface area (Å²) in [7, 11) is 0.378. The maximum atomic E-state index is 12.8. The summed E-state index contributed by atoms with van der Waals surface area (Å²) in [5.74, 6) is 0.486. The first-order valence-electron chi connectivity index (χ1n) is 9.76. The molecule has 7 nitrogen and oxygen atoms in total. The summed E-state index contributed by atoms with van der Waals surface area (Å²) in [6, 6.07) is 22.8. The van der Waals surface area contributed by atoms with Crippen LogP contribution in [0.3, 0.4) is 0 Å². The Balaban J connectivity index is 1.62. The smallest absolute Gasteiger partial charge is 0.216 e. The number of hydrogen-bond acceptors (Lipinski definition) is 6. The lowest BCUT2D eigenvalue weighted by Gasteiger charge is -2.11. The Morgan fingerprint density at radius 3 is 2.19 bits per heavy atom. The number of nitrogens with zero attached hydrogens (tertiary/aromatic N) is 4. The van der Waals surface area contributed by atoms with E-state index in [-0.39, 0.29) is 9.79 Å². The molecule has 1 heterocycles. The Hall–Kier alpha value is -3.56. The van der Waals surface area contributed by atoms with E-state index < -0.39 is 9.84 Å². The average molecular weight is 464 g/mol. The molecule has 0 aliphatic carbocycles. The number of H-pyrrole nitrogens is 1. The van der Waals surface area contributed by atoms with Crippen LogP contribution in [0.25, 0.3) is 11.4 Å². The number of rotatable bonds is 6. The minimum Gasteiger partial charge on any atom is -0.378 e. The van der Waals surface area contributed by atoms with Crippen molar-refractivity contribution in [1.82, 2.24) is 14.9 Å². The number of nitrogens with one attached hydrogen (secondary N) is 1. The van der Waals surface area contributed by atoms with Crippen molar-refractivity contribution in [1.29, 1.82) is 0 Å². The van der Waals surface area contributed by atoms with E-state index in [9.17, 15) is 8.42 Å². The van der Waals surface area contributed by atoms with Gasteiger partial charge < -0.3 is 4.90 Å². The minimum absolute atomic E-state index is 0.206. The quantitative estimate of drug-likeness (QED) is 0.339. The van der Waals surface area contributed by atoms with Crippen molar-refractivity contribution < 1.29 is 8.42 Å². The van der Waals surface area contributed by atoms with E-state index in [1.165, 1.54) is 4.68 Å². The summed E-state index contributed by atoms with van der Waals surface area (Å²) < 4.78 is 27.5. The van der Waals surface area contributed by atoms with Gasteiger partial charge in [-0.3, -0.25) is 0 Å². The van der Waals surface area contributed by atoms with Crippen LogP contribution in [0.5, 0.6) is 0 Å². The molecule has 4 aromatic rings. The molecule has 1 N–H and O–H groups in total. The van der Waals surface area contributed by atoms with Crippen LogP contribution in [0.1, 0.15) is 5.56 Å². The predicted molar refractivity (Wildman–Crippen MR) is 129 cm³/mol. The first kappa shape index (κ1) is 21.7. The largest absolute Gasteiger partial charge is 0.378 e. The van der Waals surface area contributed by atoms with Crippen molar-refractivity contribution in [2.45, 2.75) is 9.79 Å². The monoisotopic (exact) mass is 463 g/mol. The molecule has 0 radical (unpaired) electrons. The molecule has 0 bridgehead atoms. The summed E-state index contributed by atoms with van der Waals surface area (Å²) in [6.45, 7) is 0. The Bertz CT molecular complexity index is 1400. The maximum Gasteiger partial charge on any atom is 0.216 e. The van der Waals surface area contributed by atoms with Gasteiger partial charge in [0.15, 0.2) is 5.82 Å². The van der Waals surface area contributed by atoms with Crippen LogP contribution in [0.2, 0.25) is 0 Å². The van der Waals surface area contributed by atoms with E-state index in [1.807, 2.05) is 43.3 Å². The van der Waals surface area contributed by atoms with Gasteiger partial charge in [-0.05, 0) is 66.3 Å². The van der Waals surface area contributed by atoms with E-state index in [2.05, 4.69) is 15.3 Å². The van der Waals surface area contributed by atoms with Gasteiger partial charge in [0.2, 0.25) is 14.6 Å². The van der Waals surface area contributed by atoms with Gasteiger partial charge >= 0.3 is 0 Å². The molecule has 4 rings (SSSR count). The molecule has 1 aromatic heterocycles. The lowest BCUT2D eigenvalue weighted by molar-refractivity contribution is 0.596. The zero-order chi connectivity index (χ0) is 22.7. The highest BCUT2D eigenvalue weighted by Gasteiger charge is 2.18. The van der Waals surface area contributed by atoms with Crippen molar-refractivity contribution in [2.24, 2.45) is 5.10 Å². The molecule has 32 heavy (non-hydrogen) atoms. The van der Waals surface area contributed by atoms with Gasteiger partial charge in [0.1, 0.15) is 0 Å². The third-order valence-electron chi connectivity index (χ3n) is 4.86. The van der Waals surface area contributed by atoms with Gasteiger partial charge in [-0.25, -0.2) is 13.5 Å². The summed E-state index contributed by atoms with van der Waals surface area (Å²) >= 11 is 5.32. The number of aromatic nitrogens is 3. The Labute approximate surface area is 191 Å². The first-order chi connectivity index (χ1) is 15.4.